The van der Waals surface area contributed by atoms with E-state index in [4.69, 9.17) is 4.74 Å². The van der Waals surface area contributed by atoms with Gasteiger partial charge in [-0.1, -0.05) is 30.3 Å². The molecular weight excluding hydrogens is 283 g/mol. The Labute approximate surface area is 109 Å². The van der Waals surface area contributed by atoms with Crippen molar-refractivity contribution in [3.8, 4) is 0 Å². The minimum atomic E-state index is -0.902. The third-order valence-corrected chi connectivity index (χ3v) is 6.22. The number of halogens is 1. The molecule has 0 spiro atoms. The van der Waals surface area contributed by atoms with Crippen LogP contribution < -0.4 is 17.0 Å². The molecule has 1 atom stereocenters. The van der Waals surface area contributed by atoms with Gasteiger partial charge in [0.25, 0.3) is 0 Å². The van der Waals surface area contributed by atoms with E-state index in [2.05, 4.69) is 42.8 Å². The van der Waals surface area contributed by atoms with Gasteiger partial charge in [0.05, 0.1) is 31.9 Å². The van der Waals surface area contributed by atoms with Gasteiger partial charge in [-0.25, -0.2) is 0 Å². The molecule has 1 aromatic carbocycles. The van der Waals surface area contributed by atoms with Crippen LogP contribution in [0.25, 0.3) is 0 Å². The monoisotopic (exact) mass is 300 g/mol. The van der Waals surface area contributed by atoms with Gasteiger partial charge in [0.15, 0.2) is 0 Å². The summed E-state index contributed by atoms with van der Waals surface area (Å²) >= 11 is 0. The maximum absolute atomic E-state index is 5.33. The lowest BCUT2D eigenvalue weighted by atomic mass is 10.2. The van der Waals surface area contributed by atoms with E-state index in [9.17, 15) is 0 Å². The molecule has 0 saturated carbocycles. The van der Waals surface area contributed by atoms with Crippen molar-refractivity contribution in [2.45, 2.75) is 12.6 Å². The molecule has 0 aliphatic carbocycles. The molecule has 16 heavy (non-hydrogen) atoms. The van der Waals surface area contributed by atoms with Crippen LogP contribution >= 0.6 is 7.26 Å². The highest BCUT2D eigenvalue weighted by Gasteiger charge is 2.36. The Morgan fingerprint density at radius 3 is 2.50 bits per heavy atom. The molecule has 2 rings (SSSR count). The SMILES string of the molecule is COC1=C[P+](C)(Cc2ccccc2)CC1.[Br-]. The molecule has 0 radical (unpaired) electrons. The van der Waals surface area contributed by atoms with E-state index >= 15 is 0 Å². The summed E-state index contributed by atoms with van der Waals surface area (Å²) in [4.78, 5) is 0. The zero-order valence-electron chi connectivity index (χ0n) is 9.82. The minimum Gasteiger partial charge on any atom is -1.00 e. The van der Waals surface area contributed by atoms with Gasteiger partial charge in [0, 0.05) is 13.7 Å². The first-order valence-electron chi connectivity index (χ1n) is 5.36. The molecule has 1 aliphatic rings. The lowest BCUT2D eigenvalue weighted by molar-refractivity contribution is -0.00000373. The number of benzene rings is 1. The summed E-state index contributed by atoms with van der Waals surface area (Å²) in [7, 11) is 0.880. The first-order chi connectivity index (χ1) is 7.22. The Bertz CT molecular complexity index is 363. The Kier molecular flexibility index (Phi) is 5.01. The van der Waals surface area contributed by atoms with Crippen molar-refractivity contribution in [1.82, 2.24) is 0 Å². The highest BCUT2D eigenvalue weighted by atomic mass is 79.9. The summed E-state index contributed by atoms with van der Waals surface area (Å²) in [6.45, 7) is 2.42. The number of rotatable bonds is 3. The van der Waals surface area contributed by atoms with Crippen LogP contribution in [0.1, 0.15) is 12.0 Å². The van der Waals surface area contributed by atoms with Crippen molar-refractivity contribution in [2.75, 3.05) is 19.9 Å². The van der Waals surface area contributed by atoms with Crippen LogP contribution in [-0.2, 0) is 10.9 Å². The predicted octanol–water partition coefficient (Wildman–Crippen LogP) is 0.729. The first kappa shape index (κ1) is 13.7. The fourth-order valence-corrected chi connectivity index (χ4v) is 5.21. The minimum absolute atomic E-state index is 0. The normalized spacial score (nSPS) is 23.5. The van der Waals surface area contributed by atoms with E-state index in [-0.39, 0.29) is 17.0 Å². The number of allylic oxidation sites excluding steroid dienone is 1. The first-order valence-corrected chi connectivity index (χ1v) is 8.03. The molecule has 0 fully saturated rings. The maximum Gasteiger partial charge on any atom is 0.134 e. The van der Waals surface area contributed by atoms with Gasteiger partial charge < -0.3 is 21.7 Å². The van der Waals surface area contributed by atoms with E-state index < -0.39 is 7.26 Å². The molecule has 1 unspecified atom stereocenters. The summed E-state index contributed by atoms with van der Waals surface area (Å²) < 4.78 is 5.33. The van der Waals surface area contributed by atoms with Crippen molar-refractivity contribution in [3.63, 3.8) is 0 Å². The van der Waals surface area contributed by atoms with E-state index in [1.807, 2.05) is 0 Å². The van der Waals surface area contributed by atoms with Gasteiger partial charge >= 0.3 is 0 Å². The molecule has 0 aromatic heterocycles. The van der Waals surface area contributed by atoms with Crippen molar-refractivity contribution < 1.29 is 21.7 Å². The van der Waals surface area contributed by atoms with E-state index in [0.717, 1.165) is 6.42 Å². The van der Waals surface area contributed by atoms with Crippen LogP contribution in [0.5, 0.6) is 0 Å². The Hall–Kier alpha value is -0.330. The highest BCUT2D eigenvalue weighted by Crippen LogP contribution is 2.64. The van der Waals surface area contributed by atoms with Gasteiger partial charge in [-0.3, -0.25) is 0 Å². The number of methoxy groups -OCH3 is 1. The number of ether oxygens (including phenoxy) is 1. The molecule has 0 N–H and O–H groups in total. The fourth-order valence-electron chi connectivity index (χ4n) is 2.12. The summed E-state index contributed by atoms with van der Waals surface area (Å²) in [5.41, 5.74) is 1.46. The Morgan fingerprint density at radius 1 is 1.25 bits per heavy atom. The second-order valence-electron chi connectivity index (χ2n) is 4.40. The fraction of sp³-hybridized carbons (Fsp3) is 0.385. The molecule has 0 bridgehead atoms. The maximum atomic E-state index is 5.33. The van der Waals surface area contributed by atoms with Crippen LogP contribution in [0.15, 0.2) is 41.9 Å². The topological polar surface area (TPSA) is 9.23 Å². The smallest absolute Gasteiger partial charge is 0.134 e. The van der Waals surface area contributed by atoms with E-state index in [1.54, 1.807) is 7.11 Å². The summed E-state index contributed by atoms with van der Waals surface area (Å²) in [6.07, 6.45) is 3.67. The van der Waals surface area contributed by atoms with Gasteiger partial charge in [-0.2, -0.15) is 0 Å². The molecule has 1 nitrogen and oxygen atoms in total. The molecule has 88 valence electrons. The van der Waals surface area contributed by atoms with Crippen molar-refractivity contribution in [2.24, 2.45) is 0 Å². The zero-order valence-corrected chi connectivity index (χ0v) is 12.3. The second kappa shape index (κ2) is 5.84. The summed E-state index contributed by atoms with van der Waals surface area (Å²) in [5, 5.41) is 0. The lowest BCUT2D eigenvalue weighted by Crippen LogP contribution is -3.00. The van der Waals surface area contributed by atoms with Crippen LogP contribution in [0, 0.1) is 0 Å². The average Bonchev–Trinajstić information content (AvgIpc) is 2.61. The van der Waals surface area contributed by atoms with Crippen LogP contribution in [-0.4, -0.2) is 19.9 Å². The third-order valence-electron chi connectivity index (χ3n) is 2.97. The highest BCUT2D eigenvalue weighted by molar-refractivity contribution is 7.77. The van der Waals surface area contributed by atoms with Gasteiger partial charge in [0.2, 0.25) is 0 Å². The lowest BCUT2D eigenvalue weighted by Gasteiger charge is -2.13. The molecule has 0 amide bonds. The quantitative estimate of drug-likeness (QED) is 0.748. The largest absolute Gasteiger partial charge is 1.00 e. The van der Waals surface area contributed by atoms with Crippen molar-refractivity contribution in [3.05, 3.63) is 47.5 Å². The predicted molar refractivity (Wildman–Crippen MR) is 67.6 cm³/mol. The Morgan fingerprint density at radius 2 is 1.94 bits per heavy atom. The molecule has 1 aliphatic heterocycles. The molecule has 1 aromatic rings. The van der Waals surface area contributed by atoms with Gasteiger partial charge in [-0.05, 0) is 5.56 Å². The van der Waals surface area contributed by atoms with Gasteiger partial charge in [-0.15, -0.1) is 0 Å². The standard InChI is InChI=1S/C13H18OP.BrH/c1-14-13-8-9-15(2,11-13)10-12-6-4-3-5-7-12;/h3-7,11H,8-10H2,1-2H3;1H/q+1;/p-1. The second-order valence-corrected chi connectivity index (χ2v) is 8.38. The van der Waals surface area contributed by atoms with Crippen molar-refractivity contribution in [1.29, 1.82) is 0 Å². The Balaban J connectivity index is 0.00000128. The molecule has 1 heterocycles. The van der Waals surface area contributed by atoms with Crippen molar-refractivity contribution >= 4 is 7.26 Å². The van der Waals surface area contributed by atoms with Gasteiger partial charge in [0.1, 0.15) is 5.76 Å². The molecule has 0 saturated heterocycles. The van der Waals surface area contributed by atoms with E-state index in [0.29, 0.717) is 0 Å². The zero-order chi connectivity index (χ0) is 10.7. The average molecular weight is 301 g/mol. The van der Waals surface area contributed by atoms with E-state index in [1.165, 1.54) is 23.6 Å². The summed E-state index contributed by atoms with van der Waals surface area (Å²) in [6, 6.07) is 10.8. The number of hydrogen-bond acceptors (Lipinski definition) is 1. The van der Waals surface area contributed by atoms with Crippen LogP contribution in [0.3, 0.4) is 0 Å². The molecule has 3 heteroatoms. The van der Waals surface area contributed by atoms with Crippen LogP contribution in [0.4, 0.5) is 0 Å². The number of hydrogen-bond donors (Lipinski definition) is 0. The molecular formula is C13H18BrOP. The third kappa shape index (κ3) is 3.33. The summed E-state index contributed by atoms with van der Waals surface area (Å²) in [5.74, 6) is 3.60. The van der Waals surface area contributed by atoms with Crippen LogP contribution in [0.2, 0.25) is 0 Å².